The molecule has 1 aromatic carbocycles. The van der Waals surface area contributed by atoms with E-state index < -0.39 is 0 Å². The molecule has 2 rings (SSSR count). The Hall–Kier alpha value is -1.61. The molecule has 0 N–H and O–H groups in total. The summed E-state index contributed by atoms with van der Waals surface area (Å²) in [4.78, 5) is 4.16. The van der Waals surface area contributed by atoms with Crippen molar-refractivity contribution in [2.45, 2.75) is 19.7 Å². The Bertz CT molecular complexity index is 572. The summed E-state index contributed by atoms with van der Waals surface area (Å²) in [5.74, 6) is 1.32. The first-order valence-corrected chi connectivity index (χ1v) is 6.09. The van der Waals surface area contributed by atoms with Gasteiger partial charge in [0.1, 0.15) is 17.3 Å². The van der Waals surface area contributed by atoms with Gasteiger partial charge in [-0.15, -0.1) is 11.6 Å². The van der Waals surface area contributed by atoms with Gasteiger partial charge in [-0.3, -0.25) is 4.98 Å². The van der Waals surface area contributed by atoms with E-state index in [1.54, 1.807) is 25.3 Å². The number of aromatic nitrogens is 1. The zero-order valence-electron chi connectivity index (χ0n) is 10.2. The predicted octanol–water partition coefficient (Wildman–Crippen LogP) is 4.37. The highest BCUT2D eigenvalue weighted by Crippen LogP contribution is 2.27. The molecule has 0 bridgehead atoms. The third-order valence-electron chi connectivity index (χ3n) is 2.58. The molecule has 2 nitrogen and oxygen atoms in total. The van der Waals surface area contributed by atoms with Crippen LogP contribution in [0.5, 0.6) is 11.5 Å². The van der Waals surface area contributed by atoms with Crippen molar-refractivity contribution in [1.29, 1.82) is 0 Å². The number of ether oxygens (including phenoxy) is 1. The fourth-order valence-corrected chi connectivity index (χ4v) is 1.77. The van der Waals surface area contributed by atoms with Crippen molar-refractivity contribution >= 4 is 11.6 Å². The number of aryl methyl sites for hydroxylation is 2. The quantitative estimate of drug-likeness (QED) is 0.769. The van der Waals surface area contributed by atoms with E-state index in [-0.39, 0.29) is 5.82 Å². The lowest BCUT2D eigenvalue weighted by atomic mass is 10.2. The Morgan fingerprint density at radius 1 is 1.28 bits per heavy atom. The lowest BCUT2D eigenvalue weighted by molar-refractivity contribution is 0.474. The van der Waals surface area contributed by atoms with Gasteiger partial charge in [-0.05, 0) is 37.6 Å². The summed E-state index contributed by atoms with van der Waals surface area (Å²) >= 11 is 5.83. The lowest BCUT2D eigenvalue weighted by Gasteiger charge is -2.10. The summed E-state index contributed by atoms with van der Waals surface area (Å²) < 4.78 is 18.9. The topological polar surface area (TPSA) is 22.1 Å². The van der Waals surface area contributed by atoms with Gasteiger partial charge in [-0.1, -0.05) is 0 Å². The molecule has 0 spiro atoms. The van der Waals surface area contributed by atoms with Gasteiger partial charge in [-0.2, -0.15) is 0 Å². The maximum atomic E-state index is 13.2. The average molecular weight is 266 g/mol. The van der Waals surface area contributed by atoms with Crippen molar-refractivity contribution < 1.29 is 9.13 Å². The van der Waals surface area contributed by atoms with Crippen LogP contribution < -0.4 is 4.74 Å². The normalized spacial score (nSPS) is 10.4. The zero-order valence-corrected chi connectivity index (χ0v) is 11.0. The summed E-state index contributed by atoms with van der Waals surface area (Å²) in [5.41, 5.74) is 2.20. The first kappa shape index (κ1) is 12.8. The summed E-state index contributed by atoms with van der Waals surface area (Å²) in [6.07, 6.45) is 1.69. The van der Waals surface area contributed by atoms with Gasteiger partial charge >= 0.3 is 0 Å². The van der Waals surface area contributed by atoms with E-state index in [2.05, 4.69) is 4.98 Å². The molecule has 18 heavy (non-hydrogen) atoms. The Kier molecular flexibility index (Phi) is 3.82. The smallest absolute Gasteiger partial charge is 0.135 e. The van der Waals surface area contributed by atoms with Crippen LogP contribution in [0.2, 0.25) is 0 Å². The predicted molar refractivity (Wildman–Crippen MR) is 69.7 cm³/mol. The van der Waals surface area contributed by atoms with E-state index >= 15 is 0 Å². The molecule has 4 heteroatoms. The first-order valence-electron chi connectivity index (χ1n) is 5.55. The largest absolute Gasteiger partial charge is 0.457 e. The van der Waals surface area contributed by atoms with Crippen molar-refractivity contribution in [2.75, 3.05) is 0 Å². The molecule has 0 unspecified atom stereocenters. The number of halogens is 2. The maximum Gasteiger partial charge on any atom is 0.135 e. The highest BCUT2D eigenvalue weighted by atomic mass is 35.5. The van der Waals surface area contributed by atoms with E-state index in [9.17, 15) is 4.39 Å². The molecule has 0 atom stereocenters. The number of pyridine rings is 1. The van der Waals surface area contributed by atoms with Crippen molar-refractivity contribution in [1.82, 2.24) is 4.98 Å². The number of hydrogen-bond acceptors (Lipinski definition) is 2. The molecule has 94 valence electrons. The SMILES string of the molecule is Cc1cc(Oc2ccc(F)c(C)c2)c(CCl)cn1. The van der Waals surface area contributed by atoms with Crippen LogP contribution in [0.4, 0.5) is 4.39 Å². The number of benzene rings is 1. The minimum atomic E-state index is -0.245. The Balaban J connectivity index is 2.33. The molecule has 0 saturated heterocycles. The fraction of sp³-hybridized carbons (Fsp3) is 0.214. The lowest BCUT2D eigenvalue weighted by Crippen LogP contribution is -1.94. The highest BCUT2D eigenvalue weighted by Gasteiger charge is 2.07. The number of hydrogen-bond donors (Lipinski definition) is 0. The third-order valence-corrected chi connectivity index (χ3v) is 2.87. The second-order valence-corrected chi connectivity index (χ2v) is 4.35. The van der Waals surface area contributed by atoms with Gasteiger partial charge in [0.05, 0.1) is 5.88 Å². The van der Waals surface area contributed by atoms with Crippen LogP contribution in [-0.2, 0) is 5.88 Å². The number of nitrogens with zero attached hydrogens (tertiary/aromatic N) is 1. The minimum absolute atomic E-state index is 0.245. The van der Waals surface area contributed by atoms with Gasteiger partial charge in [0.15, 0.2) is 0 Å². The molecule has 0 aliphatic heterocycles. The Morgan fingerprint density at radius 2 is 2.06 bits per heavy atom. The first-order chi connectivity index (χ1) is 8.60. The Labute approximate surface area is 110 Å². The van der Waals surface area contributed by atoms with Crippen molar-refractivity contribution in [2.24, 2.45) is 0 Å². The van der Waals surface area contributed by atoms with E-state index in [0.29, 0.717) is 22.9 Å². The van der Waals surface area contributed by atoms with E-state index in [4.69, 9.17) is 16.3 Å². The molecular weight excluding hydrogens is 253 g/mol. The third kappa shape index (κ3) is 2.79. The molecule has 0 aliphatic rings. The minimum Gasteiger partial charge on any atom is -0.457 e. The standard InChI is InChI=1S/C14H13ClFNO/c1-9-5-12(3-4-13(9)16)18-14-6-10(2)17-8-11(14)7-15/h3-6,8H,7H2,1-2H3. The molecular formula is C14H13ClFNO. The van der Waals surface area contributed by atoms with Crippen molar-refractivity contribution in [3.8, 4) is 11.5 Å². The van der Waals surface area contributed by atoms with Crippen LogP contribution in [0.1, 0.15) is 16.8 Å². The molecule has 0 aliphatic carbocycles. The highest BCUT2D eigenvalue weighted by molar-refractivity contribution is 6.17. The van der Waals surface area contributed by atoms with Gasteiger partial charge in [0, 0.05) is 23.5 Å². The van der Waals surface area contributed by atoms with Crippen LogP contribution in [0.3, 0.4) is 0 Å². The van der Waals surface area contributed by atoms with Gasteiger partial charge in [0.25, 0.3) is 0 Å². The monoisotopic (exact) mass is 265 g/mol. The molecule has 1 heterocycles. The molecule has 0 fully saturated rings. The summed E-state index contributed by atoms with van der Waals surface area (Å²) in [6, 6.07) is 6.45. The number of alkyl halides is 1. The molecule has 0 saturated carbocycles. The van der Waals surface area contributed by atoms with Gasteiger partial charge in [0.2, 0.25) is 0 Å². The van der Waals surface area contributed by atoms with Gasteiger partial charge in [-0.25, -0.2) is 4.39 Å². The second-order valence-electron chi connectivity index (χ2n) is 4.08. The summed E-state index contributed by atoms with van der Waals surface area (Å²) in [7, 11) is 0. The number of rotatable bonds is 3. The van der Waals surface area contributed by atoms with Crippen LogP contribution in [0.15, 0.2) is 30.5 Å². The van der Waals surface area contributed by atoms with Crippen LogP contribution >= 0.6 is 11.6 Å². The zero-order chi connectivity index (χ0) is 13.1. The van der Waals surface area contributed by atoms with Crippen molar-refractivity contribution in [3.63, 3.8) is 0 Å². The molecule has 2 aromatic rings. The Morgan fingerprint density at radius 3 is 2.72 bits per heavy atom. The van der Waals surface area contributed by atoms with Crippen LogP contribution in [0.25, 0.3) is 0 Å². The van der Waals surface area contributed by atoms with E-state index in [0.717, 1.165) is 11.3 Å². The molecule has 1 aromatic heterocycles. The maximum absolute atomic E-state index is 13.2. The molecule has 0 amide bonds. The van der Waals surface area contributed by atoms with E-state index in [1.807, 2.05) is 13.0 Å². The van der Waals surface area contributed by atoms with E-state index in [1.165, 1.54) is 6.07 Å². The van der Waals surface area contributed by atoms with Crippen molar-refractivity contribution in [3.05, 3.63) is 53.1 Å². The fourth-order valence-electron chi connectivity index (χ4n) is 1.57. The van der Waals surface area contributed by atoms with Gasteiger partial charge < -0.3 is 4.74 Å². The summed E-state index contributed by atoms with van der Waals surface area (Å²) in [6.45, 7) is 3.57. The van der Waals surface area contributed by atoms with Crippen LogP contribution in [-0.4, -0.2) is 4.98 Å². The molecule has 0 radical (unpaired) electrons. The van der Waals surface area contributed by atoms with Crippen LogP contribution in [0, 0.1) is 19.7 Å². The average Bonchev–Trinajstić information content (AvgIpc) is 2.34. The summed E-state index contributed by atoms with van der Waals surface area (Å²) in [5, 5.41) is 0. The second kappa shape index (κ2) is 5.36.